The minimum absolute atomic E-state index is 0.209. The first kappa shape index (κ1) is 14.8. The van der Waals surface area contributed by atoms with Crippen LogP contribution in [0.25, 0.3) is 0 Å². The maximum Gasteiger partial charge on any atom is 0.329 e. The number of aliphatic carboxylic acids is 1. The van der Waals surface area contributed by atoms with E-state index >= 15 is 0 Å². The summed E-state index contributed by atoms with van der Waals surface area (Å²) in [6.45, 7) is 0.931. The van der Waals surface area contributed by atoms with Crippen LogP contribution < -0.4 is 10.6 Å². The fraction of sp³-hybridized carbons (Fsp3) is 0.833. The van der Waals surface area contributed by atoms with Crippen LogP contribution in [0, 0.1) is 5.92 Å². The Balaban J connectivity index is 1.94. The van der Waals surface area contributed by atoms with Crippen molar-refractivity contribution < 1.29 is 19.4 Å². The molecule has 18 heavy (non-hydrogen) atoms. The van der Waals surface area contributed by atoms with Crippen LogP contribution in [0.2, 0.25) is 0 Å². The Labute approximate surface area is 107 Å². The van der Waals surface area contributed by atoms with Crippen molar-refractivity contribution in [3.8, 4) is 0 Å². The van der Waals surface area contributed by atoms with Crippen molar-refractivity contribution in [1.82, 2.24) is 10.6 Å². The van der Waals surface area contributed by atoms with Gasteiger partial charge < -0.3 is 20.5 Å². The summed E-state index contributed by atoms with van der Waals surface area (Å²) < 4.78 is 4.80. The highest BCUT2D eigenvalue weighted by Gasteiger charge is 2.13. The summed E-state index contributed by atoms with van der Waals surface area (Å²) in [6, 6.07) is -0.209. The summed E-state index contributed by atoms with van der Waals surface area (Å²) in [7, 11) is 0. The second kappa shape index (κ2) is 8.74. The van der Waals surface area contributed by atoms with Gasteiger partial charge in [-0.25, -0.2) is 9.59 Å². The predicted molar refractivity (Wildman–Crippen MR) is 66.4 cm³/mol. The predicted octanol–water partition coefficient (Wildman–Crippen LogP) is 0.967. The lowest BCUT2D eigenvalue weighted by molar-refractivity contribution is -0.142. The van der Waals surface area contributed by atoms with Gasteiger partial charge in [0, 0.05) is 13.1 Å². The minimum Gasteiger partial charge on any atom is -0.480 e. The monoisotopic (exact) mass is 258 g/mol. The number of ether oxygens (including phenoxy) is 1. The lowest BCUT2D eigenvalue weighted by Crippen LogP contribution is -2.40. The molecule has 0 aromatic carbocycles. The third-order valence-electron chi connectivity index (χ3n) is 3.03. The normalized spacial score (nSPS) is 16.2. The van der Waals surface area contributed by atoms with Crippen molar-refractivity contribution in [3.63, 3.8) is 0 Å². The van der Waals surface area contributed by atoms with E-state index in [0.29, 0.717) is 12.5 Å². The van der Waals surface area contributed by atoms with Gasteiger partial charge in [0.15, 0.2) is 0 Å². The number of nitrogens with one attached hydrogen (secondary N) is 2. The van der Waals surface area contributed by atoms with Gasteiger partial charge in [0.25, 0.3) is 0 Å². The maximum atomic E-state index is 11.4. The van der Waals surface area contributed by atoms with E-state index in [0.717, 1.165) is 6.54 Å². The van der Waals surface area contributed by atoms with Crippen molar-refractivity contribution >= 4 is 12.0 Å². The van der Waals surface area contributed by atoms with Crippen molar-refractivity contribution in [1.29, 1.82) is 0 Å². The molecule has 6 nitrogen and oxygen atoms in total. The van der Waals surface area contributed by atoms with Gasteiger partial charge in [-0.3, -0.25) is 0 Å². The zero-order chi connectivity index (χ0) is 13.2. The Bertz CT molecular complexity index is 265. The van der Waals surface area contributed by atoms with Gasteiger partial charge in [-0.15, -0.1) is 0 Å². The van der Waals surface area contributed by atoms with E-state index in [1.807, 2.05) is 0 Å². The van der Waals surface area contributed by atoms with Crippen molar-refractivity contribution in [2.75, 3.05) is 26.3 Å². The number of amides is 2. The van der Waals surface area contributed by atoms with Crippen molar-refractivity contribution in [3.05, 3.63) is 0 Å². The van der Waals surface area contributed by atoms with E-state index in [4.69, 9.17) is 9.84 Å². The van der Waals surface area contributed by atoms with Crippen LogP contribution in [0.15, 0.2) is 0 Å². The summed E-state index contributed by atoms with van der Waals surface area (Å²) in [6.07, 6.45) is 6.22. The highest BCUT2D eigenvalue weighted by molar-refractivity contribution is 5.73. The Kier molecular flexibility index (Phi) is 7.17. The van der Waals surface area contributed by atoms with Gasteiger partial charge in [-0.1, -0.05) is 19.3 Å². The number of rotatable bonds is 7. The van der Waals surface area contributed by atoms with E-state index in [1.54, 1.807) is 0 Å². The topological polar surface area (TPSA) is 87.7 Å². The molecule has 104 valence electrons. The number of carbonyl (C=O) groups excluding carboxylic acids is 1. The summed E-state index contributed by atoms with van der Waals surface area (Å²) >= 11 is 0. The number of carbonyl (C=O) groups is 2. The van der Waals surface area contributed by atoms with Gasteiger partial charge in [0.1, 0.15) is 6.61 Å². The zero-order valence-corrected chi connectivity index (χ0v) is 10.6. The summed E-state index contributed by atoms with van der Waals surface area (Å²) in [5, 5.41) is 13.8. The molecule has 1 saturated carbocycles. The first-order chi connectivity index (χ1) is 8.68. The summed E-state index contributed by atoms with van der Waals surface area (Å²) in [4.78, 5) is 21.5. The third kappa shape index (κ3) is 7.11. The number of hydrogen-bond acceptors (Lipinski definition) is 3. The van der Waals surface area contributed by atoms with E-state index in [-0.39, 0.29) is 19.2 Å². The average molecular weight is 258 g/mol. The smallest absolute Gasteiger partial charge is 0.329 e. The lowest BCUT2D eigenvalue weighted by Gasteiger charge is -2.21. The van der Waals surface area contributed by atoms with Crippen LogP contribution >= 0.6 is 0 Å². The van der Waals surface area contributed by atoms with Crippen LogP contribution in [0.3, 0.4) is 0 Å². The molecule has 0 saturated heterocycles. The van der Waals surface area contributed by atoms with E-state index < -0.39 is 5.97 Å². The Morgan fingerprint density at radius 2 is 1.89 bits per heavy atom. The highest BCUT2D eigenvalue weighted by Crippen LogP contribution is 2.22. The largest absolute Gasteiger partial charge is 0.480 e. The van der Waals surface area contributed by atoms with E-state index in [2.05, 4.69) is 10.6 Å². The van der Waals surface area contributed by atoms with Crippen LogP contribution in [0.4, 0.5) is 4.79 Å². The molecule has 0 aromatic rings. The molecule has 3 N–H and O–H groups in total. The molecule has 0 bridgehead atoms. The highest BCUT2D eigenvalue weighted by atomic mass is 16.5. The fourth-order valence-electron chi connectivity index (χ4n) is 2.09. The second-order valence-electron chi connectivity index (χ2n) is 4.59. The average Bonchev–Trinajstić information content (AvgIpc) is 2.37. The molecular weight excluding hydrogens is 236 g/mol. The molecule has 2 amide bonds. The molecule has 1 aliphatic rings. The zero-order valence-electron chi connectivity index (χ0n) is 10.6. The van der Waals surface area contributed by atoms with Crippen molar-refractivity contribution in [2.24, 2.45) is 5.92 Å². The second-order valence-corrected chi connectivity index (χ2v) is 4.59. The molecule has 6 heteroatoms. The first-order valence-electron chi connectivity index (χ1n) is 6.49. The molecule has 1 fully saturated rings. The molecule has 0 radical (unpaired) electrons. The Hall–Kier alpha value is -1.30. The summed E-state index contributed by atoms with van der Waals surface area (Å²) in [5.41, 5.74) is 0. The Morgan fingerprint density at radius 1 is 1.17 bits per heavy atom. The number of carboxylic acids is 1. The molecule has 0 heterocycles. The fourth-order valence-corrected chi connectivity index (χ4v) is 2.09. The van der Waals surface area contributed by atoms with Crippen LogP contribution in [0.5, 0.6) is 0 Å². The van der Waals surface area contributed by atoms with Crippen LogP contribution in [-0.4, -0.2) is 43.4 Å². The molecule has 0 unspecified atom stereocenters. The summed E-state index contributed by atoms with van der Waals surface area (Å²) in [5.74, 6) is -0.399. The molecule has 0 spiro atoms. The van der Waals surface area contributed by atoms with Crippen LogP contribution in [0.1, 0.15) is 32.1 Å². The van der Waals surface area contributed by atoms with Gasteiger partial charge >= 0.3 is 12.0 Å². The van der Waals surface area contributed by atoms with E-state index in [1.165, 1.54) is 32.1 Å². The quantitative estimate of drug-likeness (QED) is 0.594. The number of hydrogen-bond donors (Lipinski definition) is 3. The van der Waals surface area contributed by atoms with Gasteiger partial charge in [-0.2, -0.15) is 0 Å². The molecule has 0 aromatic heterocycles. The standard InChI is InChI=1S/C12H22N2O4/c15-11(16)9-18-7-6-13-12(17)14-8-10-4-2-1-3-5-10/h10H,1-9H2,(H,15,16)(H2,13,14,17). The lowest BCUT2D eigenvalue weighted by atomic mass is 9.89. The van der Waals surface area contributed by atoms with Crippen molar-refractivity contribution in [2.45, 2.75) is 32.1 Å². The Morgan fingerprint density at radius 3 is 2.56 bits per heavy atom. The van der Waals surface area contributed by atoms with Gasteiger partial charge in [0.05, 0.1) is 6.61 Å². The molecule has 1 aliphatic carbocycles. The first-order valence-corrected chi connectivity index (χ1v) is 6.49. The van der Waals surface area contributed by atoms with Gasteiger partial charge in [0.2, 0.25) is 0 Å². The maximum absolute atomic E-state index is 11.4. The molecular formula is C12H22N2O4. The number of urea groups is 1. The molecule has 0 atom stereocenters. The van der Waals surface area contributed by atoms with Gasteiger partial charge in [-0.05, 0) is 18.8 Å². The molecule has 1 rings (SSSR count). The minimum atomic E-state index is -1.00. The SMILES string of the molecule is O=C(O)COCCNC(=O)NCC1CCCCC1. The van der Waals surface area contributed by atoms with E-state index in [9.17, 15) is 9.59 Å². The number of carboxylic acid groups (broad SMARTS) is 1. The third-order valence-corrected chi connectivity index (χ3v) is 3.03. The molecule has 0 aliphatic heterocycles. The van der Waals surface area contributed by atoms with Crippen LogP contribution in [-0.2, 0) is 9.53 Å².